The lowest BCUT2D eigenvalue weighted by Gasteiger charge is -2.13. The average molecular weight is 356 g/mol. The third-order valence-corrected chi connectivity index (χ3v) is 3.78. The van der Waals surface area contributed by atoms with Gasteiger partial charge in [-0.2, -0.15) is 0 Å². The first-order chi connectivity index (χ1) is 12.1. The van der Waals surface area contributed by atoms with Crippen LogP contribution in [0.5, 0.6) is 5.75 Å². The molecular weight excluding hydrogens is 341 g/mol. The Morgan fingerprint density at radius 3 is 2.48 bits per heavy atom. The van der Waals surface area contributed by atoms with Crippen LogP contribution in [0.3, 0.4) is 0 Å². The summed E-state index contributed by atoms with van der Waals surface area (Å²) in [4.78, 5) is 12.5. The Kier molecular flexibility index (Phi) is 5.31. The molecule has 3 nitrogen and oxygen atoms in total. The Morgan fingerprint density at radius 2 is 1.72 bits per heavy atom. The van der Waals surface area contributed by atoms with Gasteiger partial charge in [-0.25, -0.2) is 4.39 Å². The third kappa shape index (κ3) is 4.37. The smallest absolute Gasteiger partial charge is 0.259 e. The van der Waals surface area contributed by atoms with E-state index in [1.807, 2.05) is 30.3 Å². The number of para-hydroxylation sites is 1. The van der Waals surface area contributed by atoms with E-state index in [1.165, 1.54) is 18.2 Å². The van der Waals surface area contributed by atoms with Crippen molar-refractivity contribution in [2.75, 3.05) is 5.32 Å². The molecule has 1 amide bonds. The molecule has 0 aromatic heterocycles. The minimum Gasteiger partial charge on any atom is -0.488 e. The Bertz CT molecular complexity index is 884. The number of benzene rings is 3. The van der Waals surface area contributed by atoms with Crippen LogP contribution < -0.4 is 10.1 Å². The standard InChI is InChI=1S/C20H15ClFNO2/c21-15-10-11-19(25-13-14-6-2-1-3-7-14)16(12-15)20(24)23-18-9-5-4-8-17(18)22/h1-12H,13H2,(H,23,24). The third-order valence-electron chi connectivity index (χ3n) is 3.55. The summed E-state index contributed by atoms with van der Waals surface area (Å²) in [6, 6.07) is 20.3. The molecule has 3 aromatic rings. The van der Waals surface area contributed by atoms with Gasteiger partial charge in [0.25, 0.3) is 5.91 Å². The molecule has 126 valence electrons. The van der Waals surface area contributed by atoms with Crippen molar-refractivity contribution >= 4 is 23.2 Å². The molecule has 3 rings (SSSR count). The topological polar surface area (TPSA) is 38.3 Å². The first-order valence-corrected chi connectivity index (χ1v) is 8.03. The minimum absolute atomic E-state index is 0.0986. The van der Waals surface area contributed by atoms with Gasteiger partial charge >= 0.3 is 0 Å². The number of hydrogen-bond acceptors (Lipinski definition) is 2. The minimum atomic E-state index is -0.510. The lowest BCUT2D eigenvalue weighted by molar-refractivity contribution is 0.102. The molecule has 1 N–H and O–H groups in total. The first kappa shape index (κ1) is 17.0. The second kappa shape index (κ2) is 7.81. The van der Waals surface area contributed by atoms with Crippen LogP contribution in [0.2, 0.25) is 5.02 Å². The maximum Gasteiger partial charge on any atom is 0.259 e. The molecule has 0 heterocycles. The Hall–Kier alpha value is -2.85. The van der Waals surface area contributed by atoms with Gasteiger partial charge in [-0.1, -0.05) is 54.1 Å². The van der Waals surface area contributed by atoms with Crippen LogP contribution in [0.25, 0.3) is 0 Å². The number of rotatable bonds is 5. The number of ether oxygens (including phenoxy) is 1. The zero-order chi connectivity index (χ0) is 17.6. The lowest BCUT2D eigenvalue weighted by Crippen LogP contribution is -2.14. The number of carbonyl (C=O) groups is 1. The van der Waals surface area contributed by atoms with Crippen LogP contribution in [-0.4, -0.2) is 5.91 Å². The van der Waals surface area contributed by atoms with Crippen molar-refractivity contribution in [2.24, 2.45) is 0 Å². The molecule has 5 heteroatoms. The summed E-state index contributed by atoms with van der Waals surface area (Å²) in [5.41, 5.74) is 1.31. The zero-order valence-electron chi connectivity index (χ0n) is 13.2. The van der Waals surface area contributed by atoms with Gasteiger partial charge in [0.2, 0.25) is 0 Å². The van der Waals surface area contributed by atoms with Crippen molar-refractivity contribution in [1.82, 2.24) is 0 Å². The van der Waals surface area contributed by atoms with E-state index in [9.17, 15) is 9.18 Å². The summed E-state index contributed by atoms with van der Waals surface area (Å²) in [6.07, 6.45) is 0. The molecule has 0 unspecified atom stereocenters. The van der Waals surface area contributed by atoms with Crippen molar-refractivity contribution in [3.8, 4) is 5.75 Å². The lowest BCUT2D eigenvalue weighted by atomic mass is 10.1. The van der Waals surface area contributed by atoms with Gasteiger partial charge in [0.05, 0.1) is 11.3 Å². The molecule has 0 bridgehead atoms. The fourth-order valence-electron chi connectivity index (χ4n) is 2.29. The zero-order valence-corrected chi connectivity index (χ0v) is 14.0. The highest BCUT2D eigenvalue weighted by atomic mass is 35.5. The number of anilines is 1. The fourth-order valence-corrected chi connectivity index (χ4v) is 2.47. The van der Waals surface area contributed by atoms with Crippen molar-refractivity contribution < 1.29 is 13.9 Å². The van der Waals surface area contributed by atoms with Crippen LogP contribution in [-0.2, 0) is 6.61 Å². The van der Waals surface area contributed by atoms with Gasteiger partial charge in [0, 0.05) is 5.02 Å². The summed E-state index contributed by atoms with van der Waals surface area (Å²) < 4.78 is 19.5. The van der Waals surface area contributed by atoms with E-state index in [1.54, 1.807) is 24.3 Å². The molecule has 0 saturated heterocycles. The van der Waals surface area contributed by atoms with Gasteiger partial charge in [0.15, 0.2) is 0 Å². The summed E-state index contributed by atoms with van der Waals surface area (Å²) in [5.74, 6) is -0.623. The molecule has 0 fully saturated rings. The van der Waals surface area contributed by atoms with Crippen LogP contribution in [0, 0.1) is 5.82 Å². The summed E-state index contributed by atoms with van der Waals surface area (Å²) in [5, 5.41) is 2.93. The molecule has 25 heavy (non-hydrogen) atoms. The molecule has 0 spiro atoms. The fraction of sp³-hybridized carbons (Fsp3) is 0.0500. The summed E-state index contributed by atoms with van der Waals surface area (Å²) in [7, 11) is 0. The van der Waals surface area contributed by atoms with Crippen LogP contribution >= 0.6 is 11.6 Å². The quantitative estimate of drug-likeness (QED) is 0.673. The number of nitrogens with one attached hydrogen (secondary N) is 1. The van der Waals surface area contributed by atoms with Crippen molar-refractivity contribution in [2.45, 2.75) is 6.61 Å². The van der Waals surface area contributed by atoms with E-state index < -0.39 is 11.7 Å². The van der Waals surface area contributed by atoms with E-state index >= 15 is 0 Å². The predicted octanol–water partition coefficient (Wildman–Crippen LogP) is 5.31. The average Bonchev–Trinajstić information content (AvgIpc) is 2.63. The van der Waals surface area contributed by atoms with E-state index in [0.717, 1.165) is 5.56 Å². The largest absolute Gasteiger partial charge is 0.488 e. The number of amides is 1. The monoisotopic (exact) mass is 355 g/mol. The number of halogens is 2. The predicted molar refractivity (Wildman–Crippen MR) is 96.6 cm³/mol. The summed E-state index contributed by atoms with van der Waals surface area (Å²) >= 11 is 6.00. The summed E-state index contributed by atoms with van der Waals surface area (Å²) in [6.45, 7) is 0.308. The maximum absolute atomic E-state index is 13.7. The van der Waals surface area contributed by atoms with Crippen LogP contribution in [0.4, 0.5) is 10.1 Å². The second-order valence-electron chi connectivity index (χ2n) is 5.35. The molecule has 0 aliphatic rings. The van der Waals surface area contributed by atoms with Crippen molar-refractivity contribution in [1.29, 1.82) is 0 Å². The Balaban J connectivity index is 1.81. The van der Waals surface area contributed by atoms with E-state index in [4.69, 9.17) is 16.3 Å². The van der Waals surface area contributed by atoms with Gasteiger partial charge in [-0.15, -0.1) is 0 Å². The molecule has 0 aliphatic carbocycles. The van der Waals surface area contributed by atoms with E-state index in [2.05, 4.69) is 5.32 Å². The molecule has 0 saturated carbocycles. The molecule has 0 aliphatic heterocycles. The number of hydrogen-bond donors (Lipinski definition) is 1. The molecular formula is C20H15ClFNO2. The maximum atomic E-state index is 13.7. The van der Waals surface area contributed by atoms with Crippen LogP contribution in [0.1, 0.15) is 15.9 Å². The van der Waals surface area contributed by atoms with Gasteiger partial charge in [0.1, 0.15) is 18.2 Å². The normalized spacial score (nSPS) is 10.3. The number of carbonyl (C=O) groups excluding carboxylic acids is 1. The molecule has 0 atom stereocenters. The first-order valence-electron chi connectivity index (χ1n) is 7.65. The van der Waals surface area contributed by atoms with E-state index in [0.29, 0.717) is 17.4 Å². The van der Waals surface area contributed by atoms with Gasteiger partial charge in [-0.05, 0) is 35.9 Å². The van der Waals surface area contributed by atoms with Gasteiger partial charge in [-0.3, -0.25) is 4.79 Å². The van der Waals surface area contributed by atoms with Crippen molar-refractivity contribution in [3.63, 3.8) is 0 Å². The second-order valence-corrected chi connectivity index (χ2v) is 5.79. The highest BCUT2D eigenvalue weighted by molar-refractivity contribution is 6.31. The Morgan fingerprint density at radius 1 is 1.00 bits per heavy atom. The van der Waals surface area contributed by atoms with E-state index in [-0.39, 0.29) is 11.3 Å². The molecule has 0 radical (unpaired) electrons. The SMILES string of the molecule is O=C(Nc1ccccc1F)c1cc(Cl)ccc1OCc1ccccc1. The van der Waals surface area contributed by atoms with Crippen molar-refractivity contribution in [3.05, 3.63) is 94.8 Å². The highest BCUT2D eigenvalue weighted by Crippen LogP contribution is 2.25. The van der Waals surface area contributed by atoms with Gasteiger partial charge < -0.3 is 10.1 Å². The van der Waals surface area contributed by atoms with Crippen LogP contribution in [0.15, 0.2) is 72.8 Å². The Labute approximate surface area is 150 Å². The highest BCUT2D eigenvalue weighted by Gasteiger charge is 2.15. The molecule has 3 aromatic carbocycles.